The number of rotatable bonds is 5. The fourth-order valence-corrected chi connectivity index (χ4v) is 6.89. The maximum Gasteiger partial charge on any atom is 0.164 e. The van der Waals surface area contributed by atoms with E-state index in [0.29, 0.717) is 0 Å². The van der Waals surface area contributed by atoms with E-state index < -0.39 is 13.7 Å². The Morgan fingerprint density at radius 1 is 0.774 bits per heavy atom. The first-order valence-electron chi connectivity index (χ1n) is 10.8. The molecule has 156 valence electrons. The van der Waals surface area contributed by atoms with Crippen LogP contribution >= 0.6 is 7.92 Å². The van der Waals surface area contributed by atoms with Crippen molar-refractivity contribution in [3.63, 3.8) is 0 Å². The maximum absolute atomic E-state index is 6.32. The summed E-state index contributed by atoms with van der Waals surface area (Å²) in [6.45, 7) is 7.96. The predicted molar refractivity (Wildman–Crippen MR) is 133 cm³/mol. The van der Waals surface area contributed by atoms with Crippen molar-refractivity contribution in [2.24, 2.45) is 0 Å². The summed E-state index contributed by atoms with van der Waals surface area (Å²) in [5.41, 5.74) is 0. The Labute approximate surface area is 185 Å². The lowest BCUT2D eigenvalue weighted by atomic mass is 10.1. The molecule has 4 aromatic carbocycles. The molecule has 0 aliphatic carbocycles. The fraction of sp³-hybridized carbons (Fsp3) is 0.214. The number of hydrogen-bond acceptors (Lipinski definition) is 2. The normalized spacial score (nSPS) is 20.5. The van der Waals surface area contributed by atoms with E-state index in [2.05, 4.69) is 91.5 Å². The molecule has 2 nitrogen and oxygen atoms in total. The first-order chi connectivity index (χ1) is 15.0. The lowest BCUT2D eigenvalue weighted by molar-refractivity contribution is -0.140. The van der Waals surface area contributed by atoms with Crippen LogP contribution in [0.25, 0.3) is 21.5 Å². The summed E-state index contributed by atoms with van der Waals surface area (Å²) < 4.78 is 12.4. The summed E-state index contributed by atoms with van der Waals surface area (Å²) in [6, 6.07) is 30.9. The largest absolute Gasteiger partial charge is 0.344 e. The van der Waals surface area contributed by atoms with E-state index in [1.165, 1.54) is 32.2 Å². The zero-order valence-electron chi connectivity index (χ0n) is 18.0. The highest BCUT2D eigenvalue weighted by Crippen LogP contribution is 2.41. The lowest BCUT2D eigenvalue weighted by Crippen LogP contribution is -2.28. The van der Waals surface area contributed by atoms with Gasteiger partial charge in [0.25, 0.3) is 0 Å². The van der Waals surface area contributed by atoms with Crippen LogP contribution in [0.15, 0.2) is 97.6 Å². The Morgan fingerprint density at radius 3 is 1.81 bits per heavy atom. The molecular formula is C28H27O2P. The molecule has 4 aromatic rings. The zero-order chi connectivity index (χ0) is 21.4. The van der Waals surface area contributed by atoms with Gasteiger partial charge in [0.2, 0.25) is 0 Å². The van der Waals surface area contributed by atoms with E-state index in [1.54, 1.807) is 0 Å². The minimum atomic E-state index is -0.635. The average Bonchev–Trinajstić information content (AvgIpc) is 3.10. The van der Waals surface area contributed by atoms with Crippen LogP contribution in [0.5, 0.6) is 0 Å². The summed E-state index contributed by atoms with van der Waals surface area (Å²) in [7, 11) is -0.635. The van der Waals surface area contributed by atoms with Gasteiger partial charge in [-0.1, -0.05) is 78.9 Å². The van der Waals surface area contributed by atoms with Gasteiger partial charge >= 0.3 is 0 Å². The third kappa shape index (κ3) is 4.16. The average molecular weight is 426 g/mol. The minimum Gasteiger partial charge on any atom is -0.344 e. The molecule has 1 fully saturated rings. The van der Waals surface area contributed by atoms with Crippen LogP contribution in [0.2, 0.25) is 0 Å². The zero-order valence-corrected chi connectivity index (χ0v) is 18.9. The molecule has 3 heteroatoms. The molecule has 1 aliphatic heterocycles. The Kier molecular flexibility index (Phi) is 5.40. The van der Waals surface area contributed by atoms with Gasteiger partial charge in [0.15, 0.2) is 5.79 Å². The van der Waals surface area contributed by atoms with Crippen molar-refractivity contribution < 1.29 is 9.47 Å². The highest BCUT2D eigenvalue weighted by molar-refractivity contribution is 7.73. The van der Waals surface area contributed by atoms with Crippen molar-refractivity contribution >= 4 is 40.1 Å². The molecule has 0 spiro atoms. The van der Waals surface area contributed by atoms with Crippen molar-refractivity contribution in [2.45, 2.75) is 31.8 Å². The number of hydrogen-bond donors (Lipinski definition) is 0. The molecule has 0 N–H and O–H groups in total. The minimum absolute atomic E-state index is 0.0171. The van der Waals surface area contributed by atoms with Gasteiger partial charge in [0, 0.05) is 6.16 Å². The molecular weight excluding hydrogens is 399 g/mol. The quantitative estimate of drug-likeness (QED) is 0.282. The van der Waals surface area contributed by atoms with E-state index >= 15 is 0 Å². The van der Waals surface area contributed by atoms with Gasteiger partial charge in [-0.05, 0) is 66.1 Å². The smallest absolute Gasteiger partial charge is 0.164 e. The van der Waals surface area contributed by atoms with Gasteiger partial charge in [0.05, 0.1) is 6.10 Å². The molecule has 1 saturated heterocycles. The van der Waals surface area contributed by atoms with Gasteiger partial charge < -0.3 is 9.47 Å². The predicted octanol–water partition coefficient (Wildman–Crippen LogP) is 6.13. The molecule has 2 atom stereocenters. The number of fused-ring (bicyclic) bond motifs is 2. The van der Waals surface area contributed by atoms with Crippen LogP contribution in [-0.2, 0) is 9.47 Å². The van der Waals surface area contributed by atoms with Crippen LogP contribution < -0.4 is 10.6 Å². The monoisotopic (exact) mass is 426 g/mol. The second-order valence-corrected chi connectivity index (χ2v) is 10.8. The molecule has 0 saturated carbocycles. The fourth-order valence-electron chi connectivity index (χ4n) is 4.43. The Balaban J connectivity index is 1.59. The maximum atomic E-state index is 6.32. The second-order valence-electron chi connectivity index (χ2n) is 8.55. The van der Waals surface area contributed by atoms with Gasteiger partial charge in [-0.25, -0.2) is 0 Å². The lowest BCUT2D eigenvalue weighted by Gasteiger charge is -2.24. The number of ether oxygens (including phenoxy) is 2. The molecule has 1 aliphatic rings. The molecule has 0 bridgehead atoms. The van der Waals surface area contributed by atoms with E-state index in [4.69, 9.17) is 9.47 Å². The summed E-state index contributed by atoms with van der Waals surface area (Å²) in [6.07, 6.45) is 2.66. The van der Waals surface area contributed by atoms with Crippen LogP contribution in [0.1, 0.15) is 13.8 Å². The summed E-state index contributed by atoms with van der Waals surface area (Å²) in [5, 5.41) is 7.81. The molecule has 0 amide bonds. The van der Waals surface area contributed by atoms with Crippen LogP contribution in [-0.4, -0.2) is 24.2 Å². The molecule has 0 unspecified atom stereocenters. The molecule has 0 radical (unpaired) electrons. The third-order valence-corrected chi connectivity index (χ3v) is 8.43. The molecule has 5 rings (SSSR count). The van der Waals surface area contributed by atoms with Gasteiger partial charge in [0.1, 0.15) is 6.10 Å². The summed E-state index contributed by atoms with van der Waals surface area (Å²) >= 11 is 0. The first-order valence-corrected chi connectivity index (χ1v) is 12.3. The number of benzene rings is 4. The third-order valence-electron chi connectivity index (χ3n) is 5.91. The van der Waals surface area contributed by atoms with E-state index in [0.717, 1.165) is 6.16 Å². The van der Waals surface area contributed by atoms with Gasteiger partial charge in [-0.2, -0.15) is 0 Å². The Hall–Kier alpha value is -2.51. The highest BCUT2D eigenvalue weighted by Gasteiger charge is 2.41. The van der Waals surface area contributed by atoms with Gasteiger partial charge in [-0.15, -0.1) is 6.58 Å². The van der Waals surface area contributed by atoms with Crippen molar-refractivity contribution in [1.29, 1.82) is 0 Å². The SMILES string of the molecule is C=C[C@@H]1OC(C)(C)O[C@H]1CP(c1ccc2ccccc2c1)c1ccc2ccccc2c1. The second kappa shape index (κ2) is 8.20. The van der Waals surface area contributed by atoms with Crippen molar-refractivity contribution in [1.82, 2.24) is 0 Å². The Morgan fingerprint density at radius 2 is 1.29 bits per heavy atom. The van der Waals surface area contributed by atoms with E-state index in [1.807, 2.05) is 19.9 Å². The summed E-state index contributed by atoms with van der Waals surface area (Å²) in [4.78, 5) is 0. The molecule has 0 aromatic heterocycles. The first kappa shape index (κ1) is 20.4. The van der Waals surface area contributed by atoms with Crippen molar-refractivity contribution in [3.8, 4) is 0 Å². The Bertz CT molecular complexity index is 1170. The van der Waals surface area contributed by atoms with Crippen LogP contribution in [0.4, 0.5) is 0 Å². The standard InChI is InChI=1S/C28H27O2P/c1-4-26-27(30-28(2,3)29-26)19-31(24-15-13-20-9-5-7-11-22(20)17-24)25-16-14-21-10-6-8-12-23(21)18-25/h4-18,26-27H,1,19H2,2-3H3/t26-,27-/m0/s1. The highest BCUT2D eigenvalue weighted by atomic mass is 31.1. The van der Waals surface area contributed by atoms with Gasteiger partial charge in [-0.3, -0.25) is 0 Å². The van der Waals surface area contributed by atoms with Crippen molar-refractivity contribution in [2.75, 3.05) is 6.16 Å². The van der Waals surface area contributed by atoms with Crippen LogP contribution in [0.3, 0.4) is 0 Å². The van der Waals surface area contributed by atoms with E-state index in [9.17, 15) is 0 Å². The molecule has 31 heavy (non-hydrogen) atoms. The van der Waals surface area contributed by atoms with Crippen LogP contribution in [0, 0.1) is 0 Å². The van der Waals surface area contributed by atoms with E-state index in [-0.39, 0.29) is 12.2 Å². The van der Waals surface area contributed by atoms with Crippen molar-refractivity contribution in [3.05, 3.63) is 97.6 Å². The molecule has 1 heterocycles. The summed E-state index contributed by atoms with van der Waals surface area (Å²) in [5.74, 6) is -0.586. The topological polar surface area (TPSA) is 18.5 Å².